The third-order valence-corrected chi connectivity index (χ3v) is 19.3. The lowest BCUT2D eigenvalue weighted by Gasteiger charge is -2.42. The number of carbonyl (C=O) groups excluding carboxylic acids is 2. The number of hydrogen-bond donors (Lipinski definition) is 1. The van der Waals surface area contributed by atoms with Crippen LogP contribution in [-0.4, -0.2) is 76.7 Å². The van der Waals surface area contributed by atoms with Crippen LogP contribution in [0.3, 0.4) is 0 Å². The van der Waals surface area contributed by atoms with Gasteiger partial charge in [-0.2, -0.15) is 13.2 Å². The van der Waals surface area contributed by atoms with Crippen molar-refractivity contribution in [3.8, 4) is 0 Å². The zero-order valence-electron chi connectivity index (χ0n) is 30.6. The minimum atomic E-state index is -4.77. The summed E-state index contributed by atoms with van der Waals surface area (Å²) in [6, 6.07) is 3.40. The molecule has 274 valence electrons. The third kappa shape index (κ3) is 8.12. The maximum Gasteiger partial charge on any atom is 0.408 e. The molecule has 2 aliphatic heterocycles. The zero-order valence-corrected chi connectivity index (χ0v) is 32.6. The minimum Gasteiger partial charge on any atom is -0.409 e. The van der Waals surface area contributed by atoms with Crippen LogP contribution < -0.4 is 14.8 Å². The van der Waals surface area contributed by atoms with Gasteiger partial charge in [-0.15, -0.1) is 4.58 Å². The fourth-order valence-electron chi connectivity index (χ4n) is 5.22. The predicted molar refractivity (Wildman–Crippen MR) is 190 cm³/mol. The van der Waals surface area contributed by atoms with E-state index in [4.69, 9.17) is 13.8 Å². The van der Waals surface area contributed by atoms with Crippen molar-refractivity contribution in [2.75, 3.05) is 18.0 Å². The Morgan fingerprint density at radius 3 is 1.98 bits per heavy atom. The van der Waals surface area contributed by atoms with E-state index in [1.807, 2.05) is 10.2 Å². The summed E-state index contributed by atoms with van der Waals surface area (Å²) in [6.07, 6.45) is -5.87. The quantitative estimate of drug-likeness (QED) is 0.121. The van der Waals surface area contributed by atoms with Crippen molar-refractivity contribution >= 4 is 51.5 Å². The summed E-state index contributed by atoms with van der Waals surface area (Å²) < 4.78 is 84.5. The molecule has 1 aromatic carbocycles. The summed E-state index contributed by atoms with van der Waals surface area (Å²) in [5.74, 6) is -1.44. The molecule has 0 saturated carbocycles. The molecule has 15 heteroatoms. The van der Waals surface area contributed by atoms with E-state index in [1.165, 1.54) is 13.0 Å². The Balaban J connectivity index is 1.82. The van der Waals surface area contributed by atoms with E-state index in [9.17, 15) is 27.2 Å². The lowest BCUT2D eigenvalue weighted by molar-refractivity contribution is -0.161. The van der Waals surface area contributed by atoms with Crippen molar-refractivity contribution in [3.63, 3.8) is 0 Å². The molecule has 8 nitrogen and oxygen atoms in total. The van der Waals surface area contributed by atoms with E-state index < -0.39 is 64.2 Å². The molecule has 0 aliphatic carbocycles. The number of Topliss-reactive ketones (excluding diaryl/α,β-unsaturated/α-hetero) is 1. The van der Waals surface area contributed by atoms with E-state index in [2.05, 4.69) is 73.6 Å². The fraction of sp³-hybridized carbons (Fsp3) is 0.571. The minimum absolute atomic E-state index is 0.0739. The summed E-state index contributed by atoms with van der Waals surface area (Å²) in [5.41, 5.74) is -1.24. The standard InChI is InChI=1S/C35H47F5N4O4Si2/c1-12-28(35(38,39)40)41-32(46)23-18-44(25-15-13-21(36)17-24(25)37)31-22(30(23)45)14-16-29(42-31)43-19-26(47-49(8,9)33(2,3)4)27(20-43)48-50(10,11)34(5,6)7/h13-17,26-28H,12,19-20H2,1-11H3/p+1/t26-,27-,28-/m1/s1. The number of ketones is 1. The lowest BCUT2D eigenvalue weighted by Crippen LogP contribution is -2.51. The highest BCUT2D eigenvalue weighted by atomic mass is 28.4. The van der Waals surface area contributed by atoms with Crippen LogP contribution in [0.5, 0.6) is 0 Å². The maximum atomic E-state index is 15.3. The molecule has 0 spiro atoms. The molecule has 2 aromatic rings. The van der Waals surface area contributed by atoms with E-state index in [1.54, 1.807) is 6.07 Å². The van der Waals surface area contributed by atoms with Crippen LogP contribution in [0.15, 0.2) is 35.9 Å². The number of fused-ring (bicyclic) bond motifs is 1. The number of aromatic nitrogens is 1. The van der Waals surface area contributed by atoms with Crippen molar-refractivity contribution in [2.24, 2.45) is 0 Å². The van der Waals surface area contributed by atoms with Gasteiger partial charge in [0.25, 0.3) is 5.91 Å². The van der Waals surface area contributed by atoms with E-state index in [0.717, 1.165) is 16.7 Å². The van der Waals surface area contributed by atoms with E-state index >= 15 is 4.39 Å². The van der Waals surface area contributed by atoms with Gasteiger partial charge in [0.2, 0.25) is 11.6 Å². The average Bonchev–Trinajstić information content (AvgIpc) is 3.35. The van der Waals surface area contributed by atoms with Crippen LogP contribution in [0, 0.1) is 11.6 Å². The number of carbonyl (C=O) groups is 2. The molecule has 50 heavy (non-hydrogen) atoms. The van der Waals surface area contributed by atoms with Gasteiger partial charge in [-0.05, 0) is 65.9 Å². The number of nitrogens with one attached hydrogen (secondary N) is 1. The van der Waals surface area contributed by atoms with Crippen LogP contribution in [0.25, 0.3) is 0 Å². The van der Waals surface area contributed by atoms with Crippen LogP contribution in [0.2, 0.25) is 36.3 Å². The first-order chi connectivity index (χ1) is 22.8. The van der Waals surface area contributed by atoms with E-state index in [0.29, 0.717) is 25.0 Å². The van der Waals surface area contributed by atoms with Crippen molar-refractivity contribution in [3.05, 3.63) is 53.1 Å². The number of nitrogens with zero attached hydrogens (tertiary/aromatic N) is 3. The number of pyridine rings is 1. The first-order valence-electron chi connectivity index (χ1n) is 16.7. The Kier molecular flexibility index (Phi) is 10.8. The number of alkyl halides is 3. The number of halogens is 5. The Morgan fingerprint density at radius 2 is 1.52 bits per heavy atom. The number of anilines is 1. The summed E-state index contributed by atoms with van der Waals surface area (Å²) in [7, 11) is -4.53. The normalized spacial score (nSPS) is 19.6. The Hall–Kier alpha value is -3.24. The predicted octanol–water partition coefficient (Wildman–Crippen LogP) is 8.04. The van der Waals surface area contributed by atoms with Gasteiger partial charge >= 0.3 is 12.0 Å². The van der Waals surface area contributed by atoms with Gasteiger partial charge in [0.15, 0.2) is 33.7 Å². The molecule has 1 saturated heterocycles. The largest absolute Gasteiger partial charge is 0.409 e. The molecule has 4 rings (SSSR count). The molecule has 1 N–H and O–H groups in total. The number of rotatable bonds is 9. The highest BCUT2D eigenvalue weighted by Crippen LogP contribution is 2.42. The van der Waals surface area contributed by atoms with Crippen molar-refractivity contribution in [2.45, 2.75) is 116 Å². The molecule has 3 heterocycles. The Labute approximate surface area is 293 Å². The molecule has 0 bridgehead atoms. The van der Waals surface area contributed by atoms with Crippen LogP contribution in [0.1, 0.15) is 65.2 Å². The summed E-state index contributed by atoms with van der Waals surface area (Å²) in [6.45, 7) is 23.7. The molecule has 0 unspecified atom stereocenters. The van der Waals surface area contributed by atoms with Crippen LogP contribution in [-0.2, 0) is 13.6 Å². The van der Waals surface area contributed by atoms with Crippen molar-refractivity contribution in [1.82, 2.24) is 14.9 Å². The van der Waals surface area contributed by atoms with Gasteiger partial charge in [0, 0.05) is 25.2 Å². The lowest BCUT2D eigenvalue weighted by atomic mass is 10.0. The number of benzene rings is 1. The van der Waals surface area contributed by atoms with Gasteiger partial charge in [0.05, 0.1) is 18.1 Å². The summed E-state index contributed by atoms with van der Waals surface area (Å²) >= 11 is 0. The second-order valence-corrected chi connectivity index (χ2v) is 25.5. The maximum absolute atomic E-state index is 15.3. The highest BCUT2D eigenvalue weighted by molar-refractivity contribution is 6.74. The number of hydrogen-bond acceptors (Lipinski definition) is 6. The molecule has 1 aromatic heterocycles. The van der Waals surface area contributed by atoms with Gasteiger partial charge < -0.3 is 19.1 Å². The summed E-state index contributed by atoms with van der Waals surface area (Å²) in [5, 5.41) is 1.69. The molecule has 3 atom stereocenters. The van der Waals surface area contributed by atoms with Crippen LogP contribution >= 0.6 is 0 Å². The molecule has 1 amide bonds. The Bertz CT molecular complexity index is 1690. The van der Waals surface area contributed by atoms with Gasteiger partial charge in [0.1, 0.15) is 17.4 Å². The highest BCUT2D eigenvalue weighted by Gasteiger charge is 2.49. The smallest absolute Gasteiger partial charge is 0.408 e. The van der Waals surface area contributed by atoms with Gasteiger partial charge in [-0.25, -0.2) is 8.78 Å². The molecular formula is C35H48F5N4O4Si2+. The third-order valence-electron chi connectivity index (χ3n) is 10.3. The van der Waals surface area contributed by atoms with Crippen molar-refractivity contribution in [1.29, 1.82) is 0 Å². The zero-order chi connectivity index (χ0) is 37.8. The monoisotopic (exact) mass is 739 g/mol. The molecule has 0 radical (unpaired) electrons. The number of amides is 1. The molecule has 2 aliphatic rings. The van der Waals surface area contributed by atoms with Crippen LogP contribution in [0.4, 0.5) is 39.3 Å². The van der Waals surface area contributed by atoms with Gasteiger partial charge in [-0.3, -0.25) is 9.59 Å². The van der Waals surface area contributed by atoms with E-state index in [-0.39, 0.29) is 39.4 Å². The second kappa shape index (κ2) is 13.7. The topological polar surface area (TPSA) is 83.8 Å². The first-order valence-corrected chi connectivity index (χ1v) is 22.5. The summed E-state index contributed by atoms with van der Waals surface area (Å²) in [4.78, 5) is 33.4. The first kappa shape index (κ1) is 39.5. The van der Waals surface area contributed by atoms with Gasteiger partial charge in [-0.1, -0.05) is 48.5 Å². The SMILES string of the molecule is CC[C@@H](NC(=O)C1=C=[N+](c2ccc(F)cc2F)c2nc(N3C[C@@H](O[Si](C)(C)C(C)(C)C)[C@H](O[Si](C)(C)C(C)(C)C)C3)ccc2C1=O)C(F)(F)F. The molecular weight excluding hydrogens is 692 g/mol. The average molecular weight is 740 g/mol. The molecule has 1 fully saturated rings. The fourth-order valence-corrected chi connectivity index (χ4v) is 7.89. The second-order valence-electron chi connectivity index (χ2n) is 16.0. The Morgan fingerprint density at radius 1 is 0.980 bits per heavy atom. The van der Waals surface area contributed by atoms with Crippen molar-refractivity contribution < 1.29 is 40.4 Å².